The molecule has 0 N–H and O–H groups in total. The van der Waals surface area contributed by atoms with Gasteiger partial charge in [0.25, 0.3) is 0 Å². The van der Waals surface area contributed by atoms with Crippen LogP contribution in [0.1, 0.15) is 19.3 Å². The summed E-state index contributed by atoms with van der Waals surface area (Å²) in [5, 5.41) is 0. The molecule has 1 rings (SSSR count). The van der Waals surface area contributed by atoms with E-state index in [1.165, 1.54) is 12.8 Å². The van der Waals surface area contributed by atoms with Crippen molar-refractivity contribution in [1.82, 2.24) is 0 Å². The van der Waals surface area contributed by atoms with Gasteiger partial charge in [-0.25, -0.2) is 0 Å². The quantitative estimate of drug-likeness (QED) is 0.533. The van der Waals surface area contributed by atoms with E-state index in [2.05, 4.69) is 58.0 Å². The highest BCUT2D eigenvalue weighted by Gasteiger charge is 2.46. The zero-order chi connectivity index (χ0) is 14.0. The molecule has 1 aliphatic carbocycles. The number of hydrogen-bond donors (Lipinski definition) is 0. The van der Waals surface area contributed by atoms with Gasteiger partial charge in [-0.2, -0.15) is 0 Å². The maximum absolute atomic E-state index is 6.60. The van der Waals surface area contributed by atoms with E-state index in [4.69, 9.17) is 8.23 Å². The van der Waals surface area contributed by atoms with Gasteiger partial charge in [-0.3, -0.25) is 0 Å². The third-order valence-electron chi connectivity index (χ3n) is 3.03. The highest BCUT2D eigenvalue weighted by Crippen LogP contribution is 2.38. The van der Waals surface area contributed by atoms with Crippen LogP contribution in [0.3, 0.4) is 0 Å². The molecule has 1 atom stereocenters. The van der Waals surface area contributed by atoms with E-state index >= 15 is 0 Å². The molecule has 0 heterocycles. The second-order valence-electron chi connectivity index (χ2n) is 7.43. The molecular weight excluding hydrogens is 272 g/mol. The Morgan fingerprint density at radius 2 is 1.33 bits per heavy atom. The first kappa shape index (κ1) is 16.4. The summed E-state index contributed by atoms with van der Waals surface area (Å²) in [7, 11) is -5.13. The lowest BCUT2D eigenvalue weighted by Gasteiger charge is -2.43. The lowest BCUT2D eigenvalue weighted by Crippen LogP contribution is -2.55. The molecule has 1 unspecified atom stereocenters. The summed E-state index contributed by atoms with van der Waals surface area (Å²) in [4.78, 5) is 0. The molecule has 1 aliphatic rings. The van der Waals surface area contributed by atoms with E-state index in [1.54, 1.807) is 0 Å². The van der Waals surface area contributed by atoms with E-state index in [-0.39, 0.29) is 0 Å². The zero-order valence-corrected chi connectivity index (χ0v) is 16.2. The van der Waals surface area contributed by atoms with Gasteiger partial charge in [0, 0.05) is 5.54 Å². The number of rotatable bonds is 5. The smallest absolute Gasteiger partial charge is 0.317 e. The molecule has 0 radical (unpaired) electrons. The molecule has 2 nitrogen and oxygen atoms in total. The molecule has 0 saturated carbocycles. The van der Waals surface area contributed by atoms with Crippen LogP contribution >= 0.6 is 0 Å². The average molecular weight is 303 g/mol. The Morgan fingerprint density at radius 1 is 0.833 bits per heavy atom. The minimum absolute atomic E-state index is 0.640. The van der Waals surface area contributed by atoms with Crippen LogP contribution in [-0.2, 0) is 8.23 Å². The van der Waals surface area contributed by atoms with Crippen molar-refractivity contribution in [2.24, 2.45) is 0 Å². The summed E-state index contributed by atoms with van der Waals surface area (Å²) in [6, 6.07) is 0. The maximum atomic E-state index is 6.60. The van der Waals surface area contributed by atoms with Crippen molar-refractivity contribution in [3.05, 3.63) is 12.2 Å². The van der Waals surface area contributed by atoms with Crippen molar-refractivity contribution in [2.75, 3.05) is 0 Å². The summed E-state index contributed by atoms with van der Waals surface area (Å²) in [6.45, 7) is 16.0. The van der Waals surface area contributed by atoms with E-state index in [9.17, 15) is 0 Å². The van der Waals surface area contributed by atoms with Crippen LogP contribution in [0.25, 0.3) is 0 Å². The van der Waals surface area contributed by atoms with Gasteiger partial charge in [0.15, 0.2) is 16.6 Å². The fourth-order valence-electron chi connectivity index (χ4n) is 2.67. The average Bonchev–Trinajstić information content (AvgIpc) is 2.13. The summed E-state index contributed by atoms with van der Waals surface area (Å²) in [5.41, 5.74) is 0.640. The first-order valence-corrected chi connectivity index (χ1v) is 16.3. The Balaban J connectivity index is 2.89. The molecule has 0 aromatic carbocycles. The van der Waals surface area contributed by atoms with E-state index in [0.717, 1.165) is 6.42 Å². The predicted octanol–water partition coefficient (Wildman–Crippen LogP) is 4.87. The van der Waals surface area contributed by atoms with Crippen molar-refractivity contribution >= 4 is 25.2 Å². The third kappa shape index (κ3) is 5.52. The standard InChI is InChI=1S/C13H30O2Si3/c1-16(2,3)14-18(7,15-17(4,5)6)13-11-9-8-10-12-13/h8-9,13H,10-12H2,1-7H3. The van der Waals surface area contributed by atoms with Gasteiger partial charge in [0.1, 0.15) is 0 Å². The molecule has 0 bridgehead atoms. The van der Waals surface area contributed by atoms with Gasteiger partial charge >= 0.3 is 8.56 Å². The molecule has 0 spiro atoms. The van der Waals surface area contributed by atoms with Crippen LogP contribution in [-0.4, -0.2) is 25.2 Å². The maximum Gasteiger partial charge on any atom is 0.317 e. The van der Waals surface area contributed by atoms with Crippen molar-refractivity contribution < 1.29 is 8.23 Å². The van der Waals surface area contributed by atoms with E-state index < -0.39 is 25.2 Å². The lowest BCUT2D eigenvalue weighted by atomic mass is 10.1. The molecule has 0 aliphatic heterocycles. The second kappa shape index (κ2) is 5.75. The van der Waals surface area contributed by atoms with Gasteiger partial charge in [0.2, 0.25) is 0 Å². The van der Waals surface area contributed by atoms with Crippen molar-refractivity contribution in [1.29, 1.82) is 0 Å². The monoisotopic (exact) mass is 302 g/mol. The normalized spacial score (nSPS) is 22.3. The lowest BCUT2D eigenvalue weighted by molar-refractivity contribution is 0.355. The van der Waals surface area contributed by atoms with Crippen LogP contribution in [0.5, 0.6) is 0 Å². The van der Waals surface area contributed by atoms with Crippen molar-refractivity contribution in [3.63, 3.8) is 0 Å². The third-order valence-corrected chi connectivity index (χ3v) is 13.2. The molecule has 0 amide bonds. The van der Waals surface area contributed by atoms with Gasteiger partial charge in [0.05, 0.1) is 0 Å². The van der Waals surface area contributed by atoms with Crippen LogP contribution in [0, 0.1) is 0 Å². The fourth-order valence-corrected chi connectivity index (χ4v) is 15.5. The van der Waals surface area contributed by atoms with Crippen LogP contribution in [0.4, 0.5) is 0 Å². The Morgan fingerprint density at radius 3 is 1.67 bits per heavy atom. The van der Waals surface area contributed by atoms with Gasteiger partial charge < -0.3 is 8.23 Å². The molecule has 18 heavy (non-hydrogen) atoms. The molecule has 0 fully saturated rings. The second-order valence-corrected chi connectivity index (χ2v) is 20.4. The topological polar surface area (TPSA) is 18.5 Å². The summed E-state index contributed by atoms with van der Waals surface area (Å²) in [6.07, 6.45) is 8.21. The Labute approximate surface area is 116 Å². The minimum Gasteiger partial charge on any atom is -0.436 e. The predicted molar refractivity (Wildman–Crippen MR) is 87.2 cm³/mol. The molecule has 106 valence electrons. The molecule has 0 aromatic rings. The Bertz CT molecular complexity index is 286. The Kier molecular flexibility index (Phi) is 5.22. The molecule has 0 saturated heterocycles. The van der Waals surface area contributed by atoms with Crippen LogP contribution < -0.4 is 0 Å². The summed E-state index contributed by atoms with van der Waals surface area (Å²) in [5.74, 6) is 0. The Hall–Kier alpha value is 0.311. The fraction of sp³-hybridized carbons (Fsp3) is 0.846. The number of allylic oxidation sites excluding steroid dienone is 2. The van der Waals surface area contributed by atoms with Crippen molar-refractivity contribution in [2.45, 2.75) is 70.6 Å². The van der Waals surface area contributed by atoms with Gasteiger partial charge in [-0.05, 0) is 65.1 Å². The van der Waals surface area contributed by atoms with Crippen LogP contribution in [0.15, 0.2) is 12.2 Å². The van der Waals surface area contributed by atoms with Gasteiger partial charge in [-0.1, -0.05) is 12.2 Å². The van der Waals surface area contributed by atoms with Gasteiger partial charge in [-0.15, -0.1) is 0 Å². The first-order chi connectivity index (χ1) is 8.02. The minimum atomic E-state index is -2.05. The van der Waals surface area contributed by atoms with Crippen molar-refractivity contribution in [3.8, 4) is 0 Å². The molecule has 5 heteroatoms. The van der Waals surface area contributed by atoms with Crippen LogP contribution in [0.2, 0.25) is 51.4 Å². The molecule has 0 aromatic heterocycles. The first-order valence-electron chi connectivity index (χ1n) is 7.07. The van der Waals surface area contributed by atoms with E-state index in [1.807, 2.05) is 0 Å². The highest BCUT2D eigenvalue weighted by atomic mass is 28.5. The zero-order valence-electron chi connectivity index (χ0n) is 13.2. The summed E-state index contributed by atoms with van der Waals surface area (Å²) >= 11 is 0. The highest BCUT2D eigenvalue weighted by molar-refractivity contribution is 6.88. The number of hydrogen-bond acceptors (Lipinski definition) is 2. The van der Waals surface area contributed by atoms with E-state index in [0.29, 0.717) is 5.54 Å². The summed E-state index contributed by atoms with van der Waals surface area (Å²) < 4.78 is 13.2. The largest absolute Gasteiger partial charge is 0.436 e. The SMILES string of the molecule is C[Si](C)(C)O[Si](C)(O[Si](C)(C)C)C1CC=CCC1. The molecular formula is C13H30O2Si3.